The average molecular weight is 386 g/mol. The molecule has 0 unspecified atom stereocenters. The smallest absolute Gasteiger partial charge is 0.165 e. The summed E-state index contributed by atoms with van der Waals surface area (Å²) in [5.41, 5.74) is 3.71. The summed E-state index contributed by atoms with van der Waals surface area (Å²) < 4.78 is 12.3. The number of nitrogens with one attached hydrogen (secondary N) is 1. The molecule has 0 aromatic heterocycles. The number of benzene rings is 2. The summed E-state index contributed by atoms with van der Waals surface area (Å²) in [5, 5.41) is 3.74. The van der Waals surface area contributed by atoms with Crippen molar-refractivity contribution in [3.05, 3.63) is 64.1 Å². The molecule has 0 amide bonds. The predicted octanol–water partition coefficient (Wildman–Crippen LogP) is 5.29. The second-order valence-corrected chi connectivity index (χ2v) is 7.21. The molecule has 2 aliphatic rings. The Hall–Kier alpha value is -1.94. The molecule has 0 spiro atoms. The molecule has 24 heavy (non-hydrogen) atoms. The van der Waals surface area contributed by atoms with E-state index in [9.17, 15) is 0 Å². The van der Waals surface area contributed by atoms with Crippen LogP contribution in [0.1, 0.15) is 29.5 Å². The van der Waals surface area contributed by atoms with Crippen LogP contribution in [0, 0.1) is 5.92 Å². The first-order valence-corrected chi connectivity index (χ1v) is 8.95. The second-order valence-electron chi connectivity index (χ2n) is 6.29. The van der Waals surface area contributed by atoms with E-state index in [-0.39, 0.29) is 6.04 Å². The summed E-state index contributed by atoms with van der Waals surface area (Å²) in [6, 6.07) is 12.8. The van der Waals surface area contributed by atoms with Crippen LogP contribution >= 0.6 is 15.9 Å². The first-order valence-electron chi connectivity index (χ1n) is 8.16. The van der Waals surface area contributed by atoms with E-state index in [1.165, 1.54) is 11.3 Å². The number of hydrogen-bond acceptors (Lipinski definition) is 3. The highest BCUT2D eigenvalue weighted by molar-refractivity contribution is 9.10. The minimum atomic E-state index is 0.198. The summed E-state index contributed by atoms with van der Waals surface area (Å²) in [7, 11) is 3.39. The monoisotopic (exact) mass is 385 g/mol. The van der Waals surface area contributed by atoms with Gasteiger partial charge in [-0.05, 0) is 42.2 Å². The zero-order valence-electron chi connectivity index (χ0n) is 13.8. The maximum atomic E-state index is 5.68. The largest absolute Gasteiger partial charge is 0.493 e. The topological polar surface area (TPSA) is 30.5 Å². The van der Waals surface area contributed by atoms with Crippen LogP contribution in [0.25, 0.3) is 0 Å². The van der Waals surface area contributed by atoms with Gasteiger partial charge in [-0.25, -0.2) is 0 Å². The van der Waals surface area contributed by atoms with Gasteiger partial charge in [0.05, 0.1) is 20.3 Å². The lowest BCUT2D eigenvalue weighted by molar-refractivity contribution is 0.341. The minimum absolute atomic E-state index is 0.198. The normalized spacial score (nSPS) is 24.0. The lowest BCUT2D eigenvalue weighted by Gasteiger charge is -2.38. The summed E-state index contributed by atoms with van der Waals surface area (Å²) in [6.45, 7) is 0. The van der Waals surface area contributed by atoms with Gasteiger partial charge in [0.2, 0.25) is 0 Å². The van der Waals surface area contributed by atoms with Crippen molar-refractivity contribution < 1.29 is 9.47 Å². The molecular weight excluding hydrogens is 366 g/mol. The van der Waals surface area contributed by atoms with Crippen LogP contribution in [0.4, 0.5) is 5.69 Å². The van der Waals surface area contributed by atoms with Gasteiger partial charge in [-0.3, -0.25) is 0 Å². The van der Waals surface area contributed by atoms with E-state index in [2.05, 4.69) is 57.7 Å². The standard InChI is InChI=1S/C20H20BrNO2/c1-23-18-8-4-7-15(20(18)24-2)19-14-6-3-5-13(14)16-11-12(21)9-10-17(16)22-19/h3-5,7-11,13-14,19,22H,6H2,1-2H3/t13-,14+,19+/m0/s1. The molecule has 0 fully saturated rings. The third-order valence-corrected chi connectivity index (χ3v) is 5.59. The molecule has 1 aliphatic heterocycles. The van der Waals surface area contributed by atoms with Crippen molar-refractivity contribution in [2.24, 2.45) is 5.92 Å². The maximum absolute atomic E-state index is 5.68. The van der Waals surface area contributed by atoms with Crippen LogP contribution < -0.4 is 14.8 Å². The Morgan fingerprint density at radius 1 is 1.08 bits per heavy atom. The van der Waals surface area contributed by atoms with Crippen LogP contribution in [0.5, 0.6) is 11.5 Å². The van der Waals surface area contributed by atoms with E-state index < -0.39 is 0 Å². The number of allylic oxidation sites excluding steroid dienone is 2. The van der Waals surface area contributed by atoms with E-state index in [4.69, 9.17) is 9.47 Å². The summed E-state index contributed by atoms with van der Waals surface area (Å²) in [4.78, 5) is 0. The van der Waals surface area contributed by atoms with E-state index in [1.54, 1.807) is 14.2 Å². The van der Waals surface area contributed by atoms with Crippen LogP contribution in [0.3, 0.4) is 0 Å². The highest BCUT2D eigenvalue weighted by atomic mass is 79.9. The molecule has 0 bridgehead atoms. The second kappa shape index (κ2) is 6.17. The summed E-state index contributed by atoms with van der Waals surface area (Å²) >= 11 is 3.60. The molecule has 2 aromatic rings. The lowest BCUT2D eigenvalue weighted by atomic mass is 9.77. The van der Waals surface area contributed by atoms with Crippen molar-refractivity contribution in [2.75, 3.05) is 19.5 Å². The molecule has 124 valence electrons. The van der Waals surface area contributed by atoms with Crippen molar-refractivity contribution in [1.82, 2.24) is 0 Å². The molecule has 4 rings (SSSR count). The van der Waals surface area contributed by atoms with Gasteiger partial charge in [-0.1, -0.05) is 40.2 Å². The van der Waals surface area contributed by atoms with Gasteiger partial charge in [-0.15, -0.1) is 0 Å². The average Bonchev–Trinajstić information content (AvgIpc) is 3.10. The van der Waals surface area contributed by atoms with E-state index in [1.807, 2.05) is 12.1 Å². The Balaban J connectivity index is 1.82. The molecular formula is C20H20BrNO2. The van der Waals surface area contributed by atoms with Gasteiger partial charge in [0.15, 0.2) is 11.5 Å². The molecule has 0 radical (unpaired) electrons. The maximum Gasteiger partial charge on any atom is 0.165 e. The molecule has 1 heterocycles. The number of methoxy groups -OCH3 is 2. The number of anilines is 1. The third-order valence-electron chi connectivity index (χ3n) is 5.09. The van der Waals surface area contributed by atoms with Crippen molar-refractivity contribution in [2.45, 2.75) is 18.4 Å². The third kappa shape index (κ3) is 2.40. The Morgan fingerprint density at radius 2 is 1.96 bits per heavy atom. The molecule has 2 aromatic carbocycles. The Labute approximate surface area is 150 Å². The summed E-state index contributed by atoms with van der Waals surface area (Å²) in [6.07, 6.45) is 5.71. The van der Waals surface area contributed by atoms with Crippen LogP contribution in [0.2, 0.25) is 0 Å². The first kappa shape index (κ1) is 15.6. The fraction of sp³-hybridized carbons (Fsp3) is 0.300. The number of fused-ring (bicyclic) bond motifs is 3. The van der Waals surface area contributed by atoms with Crippen molar-refractivity contribution in [3.63, 3.8) is 0 Å². The van der Waals surface area contributed by atoms with Gasteiger partial charge >= 0.3 is 0 Å². The molecule has 0 saturated heterocycles. The number of para-hydroxylation sites is 1. The summed E-state index contributed by atoms with van der Waals surface area (Å²) in [5.74, 6) is 2.51. The Morgan fingerprint density at radius 3 is 2.75 bits per heavy atom. The van der Waals surface area contributed by atoms with Gasteiger partial charge in [0.25, 0.3) is 0 Å². The van der Waals surface area contributed by atoms with Gasteiger partial charge < -0.3 is 14.8 Å². The molecule has 0 saturated carbocycles. The molecule has 3 atom stereocenters. The van der Waals surface area contributed by atoms with Gasteiger partial charge in [-0.2, -0.15) is 0 Å². The minimum Gasteiger partial charge on any atom is -0.493 e. The molecule has 1 N–H and O–H groups in total. The number of hydrogen-bond donors (Lipinski definition) is 1. The highest BCUT2D eigenvalue weighted by Crippen LogP contribution is 2.52. The zero-order chi connectivity index (χ0) is 16.7. The predicted molar refractivity (Wildman–Crippen MR) is 100 cm³/mol. The fourth-order valence-electron chi connectivity index (χ4n) is 4.03. The molecule has 4 heteroatoms. The Bertz CT molecular complexity index is 802. The van der Waals surface area contributed by atoms with E-state index >= 15 is 0 Å². The Kier molecular flexibility index (Phi) is 4.01. The van der Waals surface area contributed by atoms with E-state index in [0.717, 1.165) is 28.0 Å². The van der Waals surface area contributed by atoms with Gasteiger partial charge in [0.1, 0.15) is 0 Å². The van der Waals surface area contributed by atoms with Crippen LogP contribution in [-0.2, 0) is 0 Å². The van der Waals surface area contributed by atoms with Crippen LogP contribution in [-0.4, -0.2) is 14.2 Å². The number of rotatable bonds is 3. The van der Waals surface area contributed by atoms with Gasteiger partial charge in [0, 0.05) is 21.6 Å². The zero-order valence-corrected chi connectivity index (χ0v) is 15.3. The number of halogens is 1. The molecule has 1 aliphatic carbocycles. The first-order chi connectivity index (χ1) is 11.7. The van der Waals surface area contributed by atoms with Crippen molar-refractivity contribution in [3.8, 4) is 11.5 Å². The SMILES string of the molecule is COc1cccc([C@@H]2Nc3ccc(Br)cc3[C@H]3C=CC[C@H]32)c1OC. The van der Waals surface area contributed by atoms with Crippen LogP contribution in [0.15, 0.2) is 53.0 Å². The lowest BCUT2D eigenvalue weighted by Crippen LogP contribution is -2.29. The van der Waals surface area contributed by atoms with Crippen molar-refractivity contribution in [1.29, 1.82) is 0 Å². The quantitative estimate of drug-likeness (QED) is 0.727. The number of ether oxygens (including phenoxy) is 2. The van der Waals surface area contributed by atoms with Crippen molar-refractivity contribution >= 4 is 21.6 Å². The fourth-order valence-corrected chi connectivity index (χ4v) is 4.41. The highest BCUT2D eigenvalue weighted by Gasteiger charge is 2.39. The molecule has 3 nitrogen and oxygen atoms in total. The van der Waals surface area contributed by atoms with E-state index in [0.29, 0.717) is 11.8 Å².